The third-order valence-corrected chi connectivity index (χ3v) is 4.55. The smallest absolute Gasteiger partial charge is 0.303 e. The van der Waals surface area contributed by atoms with Crippen molar-refractivity contribution in [3.05, 3.63) is 29.8 Å². The van der Waals surface area contributed by atoms with E-state index in [4.69, 9.17) is 14.7 Å². The SMILES string of the molecule is O=C(O)CC[C@@H]1CC(c2ccc(OCC3CCNCC3)cc2)=NO1. The fraction of sp³-hybridized carbons (Fsp3) is 0.556. The van der Waals surface area contributed by atoms with Crippen LogP contribution in [-0.4, -0.2) is 42.6 Å². The molecule has 0 unspecified atom stereocenters. The van der Waals surface area contributed by atoms with Crippen LogP contribution < -0.4 is 10.1 Å². The molecule has 1 fully saturated rings. The van der Waals surface area contributed by atoms with Crippen LogP contribution in [0.4, 0.5) is 0 Å². The van der Waals surface area contributed by atoms with Crippen LogP contribution in [0.1, 0.15) is 37.7 Å². The molecule has 2 heterocycles. The van der Waals surface area contributed by atoms with Crippen LogP contribution in [0.2, 0.25) is 0 Å². The van der Waals surface area contributed by atoms with E-state index in [9.17, 15) is 4.79 Å². The van der Waals surface area contributed by atoms with E-state index in [1.54, 1.807) is 0 Å². The van der Waals surface area contributed by atoms with Crippen LogP contribution in [0.15, 0.2) is 29.4 Å². The zero-order chi connectivity index (χ0) is 16.8. The summed E-state index contributed by atoms with van der Waals surface area (Å²) in [6.45, 7) is 2.92. The second-order valence-corrected chi connectivity index (χ2v) is 6.43. The molecule has 1 atom stereocenters. The number of oxime groups is 1. The molecule has 1 saturated heterocycles. The standard InChI is InChI=1S/C18H24N2O4/c21-18(22)6-5-16-11-17(20-24-16)14-1-3-15(4-2-14)23-12-13-7-9-19-10-8-13/h1-4,13,16,19H,5-12H2,(H,21,22)/t16-/m1/s1. The van der Waals surface area contributed by atoms with Gasteiger partial charge in [0.05, 0.1) is 12.3 Å². The Hall–Kier alpha value is -2.08. The van der Waals surface area contributed by atoms with Crippen molar-refractivity contribution < 1.29 is 19.5 Å². The van der Waals surface area contributed by atoms with Gasteiger partial charge in [0.25, 0.3) is 0 Å². The van der Waals surface area contributed by atoms with Crippen molar-refractivity contribution in [1.29, 1.82) is 0 Å². The Bertz CT molecular complexity index is 579. The highest BCUT2D eigenvalue weighted by Crippen LogP contribution is 2.22. The topological polar surface area (TPSA) is 80.2 Å². The van der Waals surface area contributed by atoms with E-state index < -0.39 is 5.97 Å². The summed E-state index contributed by atoms with van der Waals surface area (Å²) in [5, 5.41) is 16.2. The molecule has 0 amide bonds. The van der Waals surface area contributed by atoms with Gasteiger partial charge in [-0.25, -0.2) is 0 Å². The minimum absolute atomic E-state index is 0.108. The maximum atomic E-state index is 10.6. The number of aliphatic carboxylic acids is 1. The summed E-state index contributed by atoms with van der Waals surface area (Å²) in [5.41, 5.74) is 1.87. The molecule has 130 valence electrons. The van der Waals surface area contributed by atoms with Gasteiger partial charge < -0.3 is 20.0 Å². The van der Waals surface area contributed by atoms with Gasteiger partial charge >= 0.3 is 5.97 Å². The molecular formula is C18H24N2O4. The molecule has 24 heavy (non-hydrogen) atoms. The first kappa shape index (κ1) is 16.8. The molecular weight excluding hydrogens is 308 g/mol. The minimum Gasteiger partial charge on any atom is -0.493 e. The van der Waals surface area contributed by atoms with E-state index in [1.807, 2.05) is 24.3 Å². The summed E-state index contributed by atoms with van der Waals surface area (Å²) >= 11 is 0. The number of rotatable bonds is 7. The Balaban J connectivity index is 1.47. The maximum absolute atomic E-state index is 10.6. The second kappa shape index (κ2) is 8.15. The number of hydrogen-bond acceptors (Lipinski definition) is 5. The normalized spacial score (nSPS) is 21.2. The largest absolute Gasteiger partial charge is 0.493 e. The summed E-state index contributed by atoms with van der Waals surface area (Å²) < 4.78 is 5.88. The molecule has 2 N–H and O–H groups in total. The Morgan fingerprint density at radius 1 is 1.29 bits per heavy atom. The van der Waals surface area contributed by atoms with E-state index in [-0.39, 0.29) is 12.5 Å². The average molecular weight is 332 g/mol. The third kappa shape index (κ3) is 4.71. The van der Waals surface area contributed by atoms with Crippen LogP contribution in [-0.2, 0) is 9.63 Å². The Morgan fingerprint density at radius 3 is 2.75 bits per heavy atom. The van der Waals surface area contributed by atoms with Crippen molar-refractivity contribution in [3.8, 4) is 5.75 Å². The highest BCUT2D eigenvalue weighted by atomic mass is 16.6. The van der Waals surface area contributed by atoms with Gasteiger partial charge in [0.2, 0.25) is 0 Å². The molecule has 0 aliphatic carbocycles. The predicted molar refractivity (Wildman–Crippen MR) is 90.4 cm³/mol. The van der Waals surface area contributed by atoms with Crippen LogP contribution in [0.5, 0.6) is 5.75 Å². The number of piperidine rings is 1. The number of benzene rings is 1. The minimum atomic E-state index is -0.803. The predicted octanol–water partition coefficient (Wildman–Crippen LogP) is 2.42. The average Bonchev–Trinajstić information content (AvgIpc) is 3.08. The lowest BCUT2D eigenvalue weighted by Gasteiger charge is -2.22. The lowest BCUT2D eigenvalue weighted by molar-refractivity contribution is -0.137. The second-order valence-electron chi connectivity index (χ2n) is 6.43. The van der Waals surface area contributed by atoms with Gasteiger partial charge in [-0.15, -0.1) is 0 Å². The quantitative estimate of drug-likeness (QED) is 0.801. The Morgan fingerprint density at radius 2 is 2.04 bits per heavy atom. The number of carboxylic acid groups (broad SMARTS) is 1. The lowest BCUT2D eigenvalue weighted by Crippen LogP contribution is -2.30. The molecule has 6 heteroatoms. The molecule has 0 saturated carbocycles. The number of carbonyl (C=O) groups is 1. The fourth-order valence-electron chi connectivity index (χ4n) is 3.04. The number of ether oxygens (including phenoxy) is 1. The lowest BCUT2D eigenvalue weighted by atomic mass is 9.99. The van der Waals surface area contributed by atoms with Gasteiger partial charge in [0.15, 0.2) is 0 Å². The highest BCUT2D eigenvalue weighted by molar-refractivity contribution is 6.01. The monoisotopic (exact) mass is 332 g/mol. The Labute approximate surface area is 141 Å². The summed E-state index contributed by atoms with van der Waals surface area (Å²) in [6, 6.07) is 7.89. The van der Waals surface area contributed by atoms with Gasteiger partial charge in [-0.3, -0.25) is 4.79 Å². The first-order valence-electron chi connectivity index (χ1n) is 8.59. The van der Waals surface area contributed by atoms with Crippen molar-refractivity contribution in [1.82, 2.24) is 5.32 Å². The van der Waals surface area contributed by atoms with E-state index in [2.05, 4.69) is 10.5 Å². The number of hydrogen-bond donors (Lipinski definition) is 2. The van der Waals surface area contributed by atoms with E-state index >= 15 is 0 Å². The summed E-state index contributed by atoms with van der Waals surface area (Å²) in [5.74, 6) is 0.704. The van der Waals surface area contributed by atoms with Crippen LogP contribution in [0.25, 0.3) is 0 Å². The molecule has 0 aromatic heterocycles. The zero-order valence-electron chi connectivity index (χ0n) is 13.7. The molecule has 3 rings (SSSR count). The Kier molecular flexibility index (Phi) is 5.69. The van der Waals surface area contributed by atoms with Crippen molar-refractivity contribution in [2.45, 2.75) is 38.2 Å². The van der Waals surface area contributed by atoms with Gasteiger partial charge in [-0.2, -0.15) is 0 Å². The van der Waals surface area contributed by atoms with Gasteiger partial charge in [0.1, 0.15) is 11.9 Å². The van der Waals surface area contributed by atoms with Crippen molar-refractivity contribution >= 4 is 11.7 Å². The molecule has 0 bridgehead atoms. The van der Waals surface area contributed by atoms with Gasteiger partial charge in [0, 0.05) is 12.8 Å². The first-order valence-corrected chi connectivity index (χ1v) is 8.59. The number of nitrogens with zero attached hydrogens (tertiary/aromatic N) is 1. The van der Waals surface area contributed by atoms with Crippen LogP contribution in [0, 0.1) is 5.92 Å². The number of nitrogens with one attached hydrogen (secondary N) is 1. The van der Waals surface area contributed by atoms with Crippen LogP contribution >= 0.6 is 0 Å². The van der Waals surface area contributed by atoms with Crippen molar-refractivity contribution in [2.75, 3.05) is 19.7 Å². The molecule has 2 aliphatic heterocycles. The summed E-state index contributed by atoms with van der Waals surface area (Å²) in [7, 11) is 0. The van der Waals surface area contributed by atoms with Crippen LogP contribution in [0.3, 0.4) is 0 Å². The molecule has 1 aromatic rings. The molecule has 2 aliphatic rings. The van der Waals surface area contributed by atoms with Crippen molar-refractivity contribution in [3.63, 3.8) is 0 Å². The fourth-order valence-corrected chi connectivity index (χ4v) is 3.04. The maximum Gasteiger partial charge on any atom is 0.303 e. The van der Waals surface area contributed by atoms with Gasteiger partial charge in [-0.05, 0) is 68.1 Å². The third-order valence-electron chi connectivity index (χ3n) is 4.55. The highest BCUT2D eigenvalue weighted by Gasteiger charge is 2.22. The van der Waals surface area contributed by atoms with E-state index in [0.29, 0.717) is 18.8 Å². The zero-order valence-corrected chi connectivity index (χ0v) is 13.7. The van der Waals surface area contributed by atoms with E-state index in [1.165, 1.54) is 12.8 Å². The summed E-state index contributed by atoms with van der Waals surface area (Å²) in [6.07, 6.45) is 3.46. The van der Waals surface area contributed by atoms with Gasteiger partial charge in [-0.1, -0.05) is 5.16 Å². The van der Waals surface area contributed by atoms with Crippen molar-refractivity contribution in [2.24, 2.45) is 11.1 Å². The van der Waals surface area contributed by atoms with E-state index in [0.717, 1.165) is 36.7 Å². The number of carboxylic acids is 1. The molecule has 1 aromatic carbocycles. The molecule has 0 spiro atoms. The molecule has 6 nitrogen and oxygen atoms in total. The first-order chi connectivity index (χ1) is 11.7. The molecule has 0 radical (unpaired) electrons. The summed E-state index contributed by atoms with van der Waals surface area (Å²) in [4.78, 5) is 15.9.